The first-order chi connectivity index (χ1) is 16.2. The third kappa shape index (κ3) is 3.18. The molecule has 0 heterocycles. The molecule has 0 unspecified atom stereocenters. The normalized spacial score (nSPS) is 44.7. The van der Waals surface area contributed by atoms with E-state index in [0.717, 1.165) is 49.7 Å². The Balaban J connectivity index is 1.58. The Hall–Kier alpha value is -2.30. The van der Waals surface area contributed by atoms with Gasteiger partial charge in [-0.2, -0.15) is 0 Å². The summed E-state index contributed by atoms with van der Waals surface area (Å²) >= 11 is 0. The molecular weight excluding hydrogens is 438 g/mol. The van der Waals surface area contributed by atoms with Crippen LogP contribution >= 0.6 is 0 Å². The van der Waals surface area contributed by atoms with Crippen LogP contribution in [0.15, 0.2) is 46.3 Å². The molecular formula is C30H41NO4. The summed E-state index contributed by atoms with van der Waals surface area (Å²) in [6.07, 6.45) is 13.1. The Kier molecular flexibility index (Phi) is 5.13. The summed E-state index contributed by atoms with van der Waals surface area (Å²) in [6.45, 7) is 14.3. The van der Waals surface area contributed by atoms with Gasteiger partial charge in [-0.15, -0.1) is 0 Å². The van der Waals surface area contributed by atoms with E-state index in [1.165, 1.54) is 12.0 Å². The maximum absolute atomic E-state index is 12.6. The van der Waals surface area contributed by atoms with Crippen molar-refractivity contribution in [2.24, 2.45) is 38.7 Å². The summed E-state index contributed by atoms with van der Waals surface area (Å²) in [5.41, 5.74) is 9.64. The molecule has 35 heavy (non-hydrogen) atoms. The number of amides is 1. The second kappa shape index (κ2) is 7.36. The monoisotopic (exact) mass is 479 g/mol. The van der Waals surface area contributed by atoms with Crippen LogP contribution in [-0.2, 0) is 9.53 Å². The first kappa shape index (κ1) is 24.4. The number of allylic oxidation sites excluding steroid dienone is 7. The SMILES string of the molecule is CC1=C(O)C(=O)C=C2C1=CC=C1[C@@]2(C)CC[C@@]2(C)[C@@H]3C[C@](C)(COC(N)=O)CC[C@]3(C)CC[C@]12C. The number of carbonyl (C=O) groups excluding carboxylic acids is 2. The van der Waals surface area contributed by atoms with Crippen molar-refractivity contribution in [3.05, 3.63) is 46.3 Å². The highest BCUT2D eigenvalue weighted by molar-refractivity contribution is 6.06. The van der Waals surface area contributed by atoms with Gasteiger partial charge in [-0.25, -0.2) is 4.79 Å². The molecule has 6 atom stereocenters. The van der Waals surface area contributed by atoms with Gasteiger partial charge in [0.05, 0.1) is 6.61 Å². The van der Waals surface area contributed by atoms with Crippen molar-refractivity contribution in [2.45, 2.75) is 86.5 Å². The van der Waals surface area contributed by atoms with E-state index in [9.17, 15) is 14.7 Å². The van der Waals surface area contributed by atoms with Crippen LogP contribution in [0.4, 0.5) is 4.79 Å². The second-order valence-corrected chi connectivity index (χ2v) is 13.5. The molecule has 3 fully saturated rings. The fourth-order valence-electron chi connectivity index (χ4n) is 8.90. The fourth-order valence-corrected chi connectivity index (χ4v) is 8.90. The van der Waals surface area contributed by atoms with Gasteiger partial charge in [0.25, 0.3) is 0 Å². The summed E-state index contributed by atoms with van der Waals surface area (Å²) in [7, 11) is 0. The average Bonchev–Trinajstić information content (AvgIpc) is 2.80. The molecule has 5 aliphatic carbocycles. The quantitative estimate of drug-likeness (QED) is 0.461. The van der Waals surface area contributed by atoms with Gasteiger partial charge in [0.1, 0.15) is 0 Å². The Labute approximate surface area is 209 Å². The standard InChI is InChI=1S/C30H41NO4/c1-18-19-7-8-22-28(4,20(19)15-21(32)24(18)33)12-14-30(6)23-16-26(2,17-35-25(31)34)9-10-27(23,3)11-13-29(22,30)5/h7-8,15,23,33H,9-14,16-17H2,1-6H3,(H2,31,34)/t23-,26-,27-,28+,29-,30+/m1/s1. The molecule has 0 aromatic carbocycles. The van der Waals surface area contributed by atoms with E-state index < -0.39 is 6.09 Å². The van der Waals surface area contributed by atoms with Crippen molar-refractivity contribution >= 4 is 11.9 Å². The zero-order chi connectivity index (χ0) is 25.6. The van der Waals surface area contributed by atoms with E-state index in [1.807, 2.05) is 6.92 Å². The lowest BCUT2D eigenvalue weighted by molar-refractivity contribution is -0.165. The number of rotatable bonds is 2. The Morgan fingerprint density at radius 3 is 2.43 bits per heavy atom. The molecule has 0 aromatic rings. The van der Waals surface area contributed by atoms with Crippen LogP contribution in [0.3, 0.4) is 0 Å². The first-order valence-electron chi connectivity index (χ1n) is 13.2. The van der Waals surface area contributed by atoms with E-state index in [4.69, 9.17) is 10.5 Å². The maximum Gasteiger partial charge on any atom is 0.404 e. The predicted octanol–water partition coefficient (Wildman–Crippen LogP) is 6.71. The minimum absolute atomic E-state index is 0.00397. The van der Waals surface area contributed by atoms with Gasteiger partial charge in [0, 0.05) is 16.4 Å². The molecule has 5 nitrogen and oxygen atoms in total. The summed E-state index contributed by atoms with van der Waals surface area (Å²) in [5, 5.41) is 10.3. The molecule has 0 spiro atoms. The predicted molar refractivity (Wildman–Crippen MR) is 136 cm³/mol. The van der Waals surface area contributed by atoms with Gasteiger partial charge >= 0.3 is 6.09 Å². The summed E-state index contributed by atoms with van der Waals surface area (Å²) in [4.78, 5) is 24.0. The lowest BCUT2D eigenvalue weighted by Gasteiger charge is -2.70. The van der Waals surface area contributed by atoms with E-state index >= 15 is 0 Å². The largest absolute Gasteiger partial charge is 0.504 e. The highest BCUT2D eigenvalue weighted by Gasteiger charge is 2.66. The van der Waals surface area contributed by atoms with Crippen LogP contribution in [0.25, 0.3) is 0 Å². The van der Waals surface area contributed by atoms with Gasteiger partial charge in [-0.1, -0.05) is 52.3 Å². The van der Waals surface area contributed by atoms with Gasteiger partial charge in [-0.05, 0) is 91.3 Å². The van der Waals surface area contributed by atoms with Crippen LogP contribution in [0.5, 0.6) is 0 Å². The molecule has 0 aromatic heterocycles. The smallest absolute Gasteiger partial charge is 0.404 e. The number of aliphatic hydroxyl groups is 1. The van der Waals surface area contributed by atoms with Crippen molar-refractivity contribution in [3.63, 3.8) is 0 Å². The highest BCUT2D eigenvalue weighted by atomic mass is 16.5. The Bertz CT molecular complexity index is 1140. The first-order valence-corrected chi connectivity index (χ1v) is 13.2. The number of fused-ring (bicyclic) bond motifs is 7. The maximum atomic E-state index is 12.6. The topological polar surface area (TPSA) is 89.6 Å². The van der Waals surface area contributed by atoms with Crippen LogP contribution in [0.1, 0.15) is 86.5 Å². The van der Waals surface area contributed by atoms with Gasteiger partial charge in [0.2, 0.25) is 5.78 Å². The molecule has 1 amide bonds. The van der Waals surface area contributed by atoms with E-state index in [0.29, 0.717) is 18.1 Å². The minimum atomic E-state index is -0.687. The van der Waals surface area contributed by atoms with Crippen LogP contribution in [-0.4, -0.2) is 23.6 Å². The van der Waals surface area contributed by atoms with Gasteiger partial charge in [-0.3, -0.25) is 4.79 Å². The Morgan fingerprint density at radius 2 is 1.74 bits per heavy atom. The molecule has 3 saturated carbocycles. The van der Waals surface area contributed by atoms with E-state index in [-0.39, 0.29) is 38.6 Å². The number of primary amides is 1. The second-order valence-electron chi connectivity index (χ2n) is 13.5. The summed E-state index contributed by atoms with van der Waals surface area (Å²) < 4.78 is 5.34. The average molecular weight is 480 g/mol. The summed E-state index contributed by atoms with van der Waals surface area (Å²) in [5.74, 6) is 0.109. The summed E-state index contributed by atoms with van der Waals surface area (Å²) in [6, 6.07) is 0. The number of nitrogens with two attached hydrogens (primary N) is 1. The van der Waals surface area contributed by atoms with Crippen LogP contribution < -0.4 is 5.73 Å². The zero-order valence-electron chi connectivity index (χ0n) is 22.2. The molecule has 5 rings (SSSR count). The number of ether oxygens (including phenoxy) is 1. The Morgan fingerprint density at radius 1 is 1.06 bits per heavy atom. The third-order valence-corrected chi connectivity index (χ3v) is 11.5. The number of carbonyl (C=O) groups is 2. The van der Waals surface area contributed by atoms with Crippen molar-refractivity contribution in [2.75, 3.05) is 6.61 Å². The molecule has 5 heteroatoms. The van der Waals surface area contributed by atoms with Crippen molar-refractivity contribution < 1.29 is 19.4 Å². The molecule has 190 valence electrons. The number of hydrogen-bond acceptors (Lipinski definition) is 4. The molecule has 3 N–H and O–H groups in total. The van der Waals surface area contributed by atoms with Crippen LogP contribution in [0, 0.1) is 33.0 Å². The molecule has 5 aliphatic rings. The molecule has 0 radical (unpaired) electrons. The van der Waals surface area contributed by atoms with Gasteiger partial charge in [0.15, 0.2) is 5.76 Å². The van der Waals surface area contributed by atoms with Gasteiger partial charge < -0.3 is 15.6 Å². The van der Waals surface area contributed by atoms with Crippen molar-refractivity contribution in [1.82, 2.24) is 0 Å². The lowest BCUT2D eigenvalue weighted by Crippen LogP contribution is -2.62. The van der Waals surface area contributed by atoms with Crippen molar-refractivity contribution in [3.8, 4) is 0 Å². The van der Waals surface area contributed by atoms with E-state index in [2.05, 4.69) is 46.8 Å². The zero-order valence-corrected chi connectivity index (χ0v) is 22.2. The fraction of sp³-hybridized carbons (Fsp3) is 0.667. The molecule has 0 aliphatic heterocycles. The third-order valence-electron chi connectivity index (χ3n) is 11.5. The lowest BCUT2D eigenvalue weighted by atomic mass is 9.34. The minimum Gasteiger partial charge on any atom is -0.504 e. The van der Waals surface area contributed by atoms with E-state index in [1.54, 1.807) is 6.08 Å². The molecule has 0 saturated heterocycles. The number of hydrogen-bond donors (Lipinski definition) is 2. The number of aliphatic hydroxyl groups excluding tert-OH is 1. The highest BCUT2D eigenvalue weighted by Crippen LogP contribution is 2.75. The van der Waals surface area contributed by atoms with Crippen molar-refractivity contribution in [1.29, 1.82) is 0 Å². The van der Waals surface area contributed by atoms with Crippen LogP contribution in [0.2, 0.25) is 0 Å². The molecule has 0 bridgehead atoms. The number of ketones is 1.